The van der Waals surface area contributed by atoms with Crippen LogP contribution in [0.25, 0.3) is 10.9 Å². The molecule has 0 aliphatic rings. The van der Waals surface area contributed by atoms with Crippen molar-refractivity contribution in [1.82, 2.24) is 9.88 Å². The molecule has 3 aromatic rings. The first-order valence-corrected chi connectivity index (χ1v) is 7.32. The van der Waals surface area contributed by atoms with E-state index in [0.29, 0.717) is 13.2 Å². The van der Waals surface area contributed by atoms with Crippen molar-refractivity contribution in [1.29, 1.82) is 0 Å². The molecule has 4 nitrogen and oxygen atoms in total. The van der Waals surface area contributed by atoms with Crippen LogP contribution in [0, 0.1) is 0 Å². The van der Waals surface area contributed by atoms with Gasteiger partial charge in [0.25, 0.3) is 0 Å². The van der Waals surface area contributed by atoms with Gasteiger partial charge in [0, 0.05) is 23.6 Å². The molecule has 0 saturated carbocycles. The lowest BCUT2D eigenvalue weighted by atomic mass is 10.1. The van der Waals surface area contributed by atoms with Crippen molar-refractivity contribution >= 4 is 10.9 Å². The Labute approximate surface area is 130 Å². The number of aromatic nitrogens is 1. The topological polar surface area (TPSA) is 48.5 Å². The maximum Gasteiger partial charge on any atom is 0.120 e. The first kappa shape index (κ1) is 14.6. The van der Waals surface area contributed by atoms with Crippen LogP contribution >= 0.6 is 0 Å². The van der Waals surface area contributed by atoms with Crippen LogP contribution < -0.4 is 4.74 Å². The second-order valence-electron chi connectivity index (χ2n) is 5.45. The quantitative estimate of drug-likeness (QED) is 0.687. The number of fused-ring (bicyclic) bond motifs is 1. The second kappa shape index (κ2) is 6.64. The molecule has 4 heteroatoms. The van der Waals surface area contributed by atoms with Gasteiger partial charge in [-0.05, 0) is 36.4 Å². The first-order valence-electron chi connectivity index (χ1n) is 7.32. The number of ether oxygens (including phenoxy) is 1. The third kappa shape index (κ3) is 3.30. The molecular formula is C18H20N2O2. The number of hydrogen-bond donors (Lipinski definition) is 2. The third-order valence-electron chi connectivity index (χ3n) is 3.67. The van der Waals surface area contributed by atoms with Crippen molar-refractivity contribution in [2.75, 3.05) is 13.8 Å². The number of aliphatic hydroxyl groups excluding tert-OH is 1. The Morgan fingerprint density at radius 1 is 1.14 bits per heavy atom. The van der Waals surface area contributed by atoms with Gasteiger partial charge in [-0.3, -0.25) is 4.90 Å². The van der Waals surface area contributed by atoms with Crippen LogP contribution in [0.2, 0.25) is 0 Å². The summed E-state index contributed by atoms with van der Waals surface area (Å²) in [6, 6.07) is 16.2. The maximum absolute atomic E-state index is 9.16. The Kier molecular flexibility index (Phi) is 4.42. The summed E-state index contributed by atoms with van der Waals surface area (Å²) >= 11 is 0. The fourth-order valence-electron chi connectivity index (χ4n) is 2.46. The third-order valence-corrected chi connectivity index (χ3v) is 3.67. The van der Waals surface area contributed by atoms with Crippen LogP contribution in [0.15, 0.2) is 54.7 Å². The second-order valence-corrected chi connectivity index (χ2v) is 5.45. The van der Waals surface area contributed by atoms with Gasteiger partial charge < -0.3 is 14.8 Å². The summed E-state index contributed by atoms with van der Waals surface area (Å²) in [4.78, 5) is 5.10. The highest BCUT2D eigenvalue weighted by Gasteiger charge is 2.07. The lowest BCUT2D eigenvalue weighted by Gasteiger charge is -2.12. The molecular weight excluding hydrogens is 276 g/mol. The Balaban J connectivity index is 1.78. The Morgan fingerprint density at radius 3 is 2.73 bits per heavy atom. The number of H-pyrrole nitrogens is 1. The van der Waals surface area contributed by atoms with Crippen molar-refractivity contribution in [3.05, 3.63) is 65.9 Å². The van der Waals surface area contributed by atoms with E-state index < -0.39 is 0 Å². The van der Waals surface area contributed by atoms with Crippen LogP contribution in [0.1, 0.15) is 11.1 Å². The van der Waals surface area contributed by atoms with Gasteiger partial charge >= 0.3 is 0 Å². The predicted molar refractivity (Wildman–Crippen MR) is 87.6 cm³/mol. The summed E-state index contributed by atoms with van der Waals surface area (Å²) in [5.74, 6) is 0.851. The molecule has 0 spiro atoms. The Hall–Kier alpha value is -2.30. The predicted octanol–water partition coefficient (Wildman–Crippen LogP) is 3.13. The zero-order valence-corrected chi connectivity index (χ0v) is 12.6. The fraction of sp³-hybridized carbons (Fsp3) is 0.222. The molecule has 22 heavy (non-hydrogen) atoms. The molecule has 1 aromatic heterocycles. The van der Waals surface area contributed by atoms with Gasteiger partial charge in [-0.25, -0.2) is 0 Å². The molecule has 0 unspecified atom stereocenters. The van der Waals surface area contributed by atoms with Gasteiger partial charge in [0.2, 0.25) is 0 Å². The molecule has 2 N–H and O–H groups in total. The zero-order chi connectivity index (χ0) is 15.4. The maximum atomic E-state index is 9.16. The number of rotatable bonds is 6. The summed E-state index contributed by atoms with van der Waals surface area (Å²) in [6.45, 7) is 1.29. The Bertz CT molecular complexity index is 737. The van der Waals surface area contributed by atoms with Gasteiger partial charge in [0.15, 0.2) is 0 Å². The van der Waals surface area contributed by atoms with Gasteiger partial charge in [0.1, 0.15) is 12.4 Å². The van der Waals surface area contributed by atoms with Crippen molar-refractivity contribution in [2.24, 2.45) is 0 Å². The standard InChI is InChI=1S/C18H20N2O2/c1-20(13-21)11-15-10-19-18-8-7-16(9-17(15)18)22-12-14-5-3-2-4-6-14/h2-10,19,21H,11-13H2,1H3. The summed E-state index contributed by atoms with van der Waals surface area (Å²) in [7, 11) is 1.88. The van der Waals surface area contributed by atoms with Crippen molar-refractivity contribution in [3.8, 4) is 5.75 Å². The molecule has 0 fully saturated rings. The van der Waals surface area contributed by atoms with Gasteiger partial charge in [-0.1, -0.05) is 30.3 Å². The molecule has 3 rings (SSSR count). The number of nitrogens with one attached hydrogen (secondary N) is 1. The minimum atomic E-state index is 0.0386. The monoisotopic (exact) mass is 296 g/mol. The number of nitrogens with zero attached hydrogens (tertiary/aromatic N) is 1. The smallest absolute Gasteiger partial charge is 0.120 e. The first-order chi connectivity index (χ1) is 10.8. The summed E-state index contributed by atoms with van der Waals surface area (Å²) < 4.78 is 5.88. The molecule has 0 atom stereocenters. The summed E-state index contributed by atoms with van der Waals surface area (Å²) in [6.07, 6.45) is 1.98. The highest BCUT2D eigenvalue weighted by molar-refractivity contribution is 5.84. The minimum Gasteiger partial charge on any atom is -0.489 e. The van der Waals surface area contributed by atoms with Gasteiger partial charge in [-0.15, -0.1) is 0 Å². The molecule has 1 heterocycles. The van der Waals surface area contributed by atoms with Crippen LogP contribution in [0.5, 0.6) is 5.75 Å². The molecule has 0 aliphatic carbocycles. The SMILES string of the molecule is CN(CO)Cc1c[nH]c2ccc(OCc3ccccc3)cc12. The highest BCUT2D eigenvalue weighted by atomic mass is 16.5. The molecule has 0 bridgehead atoms. The summed E-state index contributed by atoms with van der Waals surface area (Å²) in [5, 5.41) is 10.3. The Morgan fingerprint density at radius 2 is 1.95 bits per heavy atom. The van der Waals surface area contributed by atoms with Crippen LogP contribution in [-0.4, -0.2) is 28.8 Å². The van der Waals surface area contributed by atoms with Gasteiger partial charge in [-0.2, -0.15) is 0 Å². The van der Waals surface area contributed by atoms with E-state index in [4.69, 9.17) is 9.84 Å². The average Bonchev–Trinajstić information content (AvgIpc) is 2.96. The zero-order valence-electron chi connectivity index (χ0n) is 12.6. The van der Waals surface area contributed by atoms with Crippen LogP contribution in [0.4, 0.5) is 0 Å². The van der Waals surface area contributed by atoms with E-state index in [1.54, 1.807) is 0 Å². The van der Waals surface area contributed by atoms with Gasteiger partial charge in [0.05, 0.1) is 6.73 Å². The minimum absolute atomic E-state index is 0.0386. The summed E-state index contributed by atoms with van der Waals surface area (Å²) in [5.41, 5.74) is 3.38. The number of aliphatic hydroxyl groups is 1. The fourth-order valence-corrected chi connectivity index (χ4v) is 2.46. The van der Waals surface area contributed by atoms with Crippen LogP contribution in [0.3, 0.4) is 0 Å². The van der Waals surface area contributed by atoms with Crippen LogP contribution in [-0.2, 0) is 13.2 Å². The highest BCUT2D eigenvalue weighted by Crippen LogP contribution is 2.25. The van der Waals surface area contributed by atoms with E-state index in [9.17, 15) is 0 Å². The number of aromatic amines is 1. The van der Waals surface area contributed by atoms with Crippen molar-refractivity contribution in [2.45, 2.75) is 13.2 Å². The normalized spacial score (nSPS) is 11.2. The number of benzene rings is 2. The molecule has 2 aromatic carbocycles. The van der Waals surface area contributed by atoms with E-state index in [1.165, 1.54) is 0 Å². The van der Waals surface area contributed by atoms with E-state index in [2.05, 4.69) is 23.2 Å². The lowest BCUT2D eigenvalue weighted by molar-refractivity contribution is 0.127. The van der Waals surface area contributed by atoms with E-state index >= 15 is 0 Å². The lowest BCUT2D eigenvalue weighted by Crippen LogP contribution is -2.18. The molecule has 0 radical (unpaired) electrons. The van der Waals surface area contributed by atoms with Crippen molar-refractivity contribution < 1.29 is 9.84 Å². The largest absolute Gasteiger partial charge is 0.489 e. The average molecular weight is 296 g/mol. The van der Waals surface area contributed by atoms with E-state index in [0.717, 1.165) is 27.8 Å². The van der Waals surface area contributed by atoms with E-state index in [-0.39, 0.29) is 6.73 Å². The molecule has 0 amide bonds. The number of hydrogen-bond acceptors (Lipinski definition) is 3. The van der Waals surface area contributed by atoms with E-state index in [1.807, 2.05) is 48.5 Å². The molecule has 114 valence electrons. The van der Waals surface area contributed by atoms with Crippen molar-refractivity contribution in [3.63, 3.8) is 0 Å². The molecule has 0 aliphatic heterocycles. The molecule has 0 saturated heterocycles.